The molecule has 0 radical (unpaired) electrons. The van der Waals surface area contributed by atoms with Gasteiger partial charge in [0.05, 0.1) is 4.90 Å². The van der Waals surface area contributed by atoms with Gasteiger partial charge < -0.3 is 4.42 Å². The Labute approximate surface area is 113 Å². The number of fused-ring (bicyclic) bond motifs is 1. The average molecular weight is 260 g/mol. The van der Waals surface area contributed by atoms with E-state index < -0.39 is 0 Å². The largest absolute Gasteiger partial charge is 0.460 e. The van der Waals surface area contributed by atoms with E-state index in [1.165, 1.54) is 47.9 Å². The molecule has 96 valence electrons. The summed E-state index contributed by atoms with van der Waals surface area (Å²) >= 11 is 2.04. The van der Waals surface area contributed by atoms with Gasteiger partial charge in [0.2, 0.25) is 0 Å². The lowest BCUT2D eigenvalue weighted by atomic mass is 10.0. The van der Waals surface area contributed by atoms with Crippen LogP contribution in [0.3, 0.4) is 0 Å². The van der Waals surface area contributed by atoms with Crippen molar-refractivity contribution in [3.8, 4) is 0 Å². The minimum Gasteiger partial charge on any atom is -0.460 e. The molecule has 0 unspecified atom stereocenters. The summed E-state index contributed by atoms with van der Waals surface area (Å²) in [5.41, 5.74) is 2.35. The molecule has 0 saturated heterocycles. The first-order chi connectivity index (χ1) is 8.74. The van der Waals surface area contributed by atoms with Crippen LogP contribution >= 0.6 is 11.8 Å². The summed E-state index contributed by atoms with van der Waals surface area (Å²) in [5.74, 6) is 1.09. The number of furan rings is 1. The van der Waals surface area contributed by atoms with Crippen molar-refractivity contribution in [1.29, 1.82) is 0 Å². The quantitative estimate of drug-likeness (QED) is 0.709. The molecule has 1 aliphatic carbocycles. The number of aryl methyl sites for hydroxylation is 2. The van der Waals surface area contributed by atoms with Crippen LogP contribution in [-0.4, -0.2) is 5.25 Å². The second kappa shape index (κ2) is 5.00. The summed E-state index contributed by atoms with van der Waals surface area (Å²) in [5, 5.41) is 2.10. The third-order valence-corrected chi connectivity index (χ3v) is 5.35. The SMILES string of the molecule is Cc1ccc2oc(C)c(SC3CCCCC3)c2c1. The molecule has 3 rings (SSSR count). The Bertz CT molecular complexity index is 549. The van der Waals surface area contributed by atoms with Gasteiger partial charge in [-0.15, -0.1) is 11.8 Å². The van der Waals surface area contributed by atoms with Gasteiger partial charge in [-0.1, -0.05) is 30.9 Å². The molecular formula is C16H20OS. The predicted octanol–water partition coefficient (Wildman–Crippen LogP) is 5.47. The molecule has 1 nitrogen and oxygen atoms in total. The van der Waals surface area contributed by atoms with E-state index >= 15 is 0 Å². The van der Waals surface area contributed by atoms with Crippen LogP contribution in [0.2, 0.25) is 0 Å². The van der Waals surface area contributed by atoms with E-state index in [9.17, 15) is 0 Å². The number of rotatable bonds is 2. The Kier molecular flexibility index (Phi) is 3.38. The van der Waals surface area contributed by atoms with Gasteiger partial charge in [0.1, 0.15) is 11.3 Å². The van der Waals surface area contributed by atoms with Crippen LogP contribution in [-0.2, 0) is 0 Å². The van der Waals surface area contributed by atoms with Gasteiger partial charge in [-0.25, -0.2) is 0 Å². The van der Waals surface area contributed by atoms with E-state index in [0.717, 1.165) is 16.6 Å². The second-order valence-electron chi connectivity index (χ2n) is 5.36. The van der Waals surface area contributed by atoms with Crippen LogP contribution < -0.4 is 0 Å². The van der Waals surface area contributed by atoms with Gasteiger partial charge >= 0.3 is 0 Å². The Balaban J connectivity index is 1.94. The third-order valence-electron chi connectivity index (χ3n) is 3.80. The van der Waals surface area contributed by atoms with Crippen molar-refractivity contribution in [2.24, 2.45) is 0 Å². The first-order valence-electron chi connectivity index (χ1n) is 6.90. The molecule has 1 saturated carbocycles. The molecule has 0 amide bonds. The molecule has 1 aromatic carbocycles. The van der Waals surface area contributed by atoms with Gasteiger partial charge in [0.25, 0.3) is 0 Å². The average Bonchev–Trinajstić information content (AvgIpc) is 2.67. The first kappa shape index (κ1) is 12.2. The first-order valence-corrected chi connectivity index (χ1v) is 7.78. The van der Waals surface area contributed by atoms with E-state index in [1.54, 1.807) is 0 Å². The lowest BCUT2D eigenvalue weighted by Gasteiger charge is -2.20. The summed E-state index contributed by atoms with van der Waals surface area (Å²) < 4.78 is 5.87. The Hall–Kier alpha value is -0.890. The number of thioether (sulfide) groups is 1. The highest BCUT2D eigenvalue weighted by atomic mass is 32.2. The number of hydrogen-bond acceptors (Lipinski definition) is 2. The van der Waals surface area contributed by atoms with E-state index in [0.29, 0.717) is 0 Å². The molecule has 1 fully saturated rings. The van der Waals surface area contributed by atoms with Crippen LogP contribution in [0, 0.1) is 13.8 Å². The molecule has 1 aromatic heterocycles. The molecule has 18 heavy (non-hydrogen) atoms. The molecule has 0 bridgehead atoms. The summed E-state index contributed by atoms with van der Waals surface area (Å²) in [7, 11) is 0. The minimum absolute atomic E-state index is 0.791. The van der Waals surface area contributed by atoms with Gasteiger partial charge in [0, 0.05) is 10.6 Å². The maximum atomic E-state index is 5.87. The summed E-state index contributed by atoms with van der Waals surface area (Å²) in [6.07, 6.45) is 6.93. The van der Waals surface area contributed by atoms with Crippen LogP contribution in [0.4, 0.5) is 0 Å². The highest BCUT2D eigenvalue weighted by Crippen LogP contribution is 2.40. The lowest BCUT2D eigenvalue weighted by molar-refractivity contribution is 0.515. The van der Waals surface area contributed by atoms with Gasteiger partial charge in [-0.05, 0) is 38.8 Å². The lowest BCUT2D eigenvalue weighted by Crippen LogP contribution is -2.07. The van der Waals surface area contributed by atoms with Gasteiger partial charge in [-0.2, -0.15) is 0 Å². The summed E-state index contributed by atoms with van der Waals surface area (Å²) in [6.45, 7) is 4.25. The molecule has 0 aliphatic heterocycles. The molecule has 0 N–H and O–H groups in total. The number of benzene rings is 1. The molecule has 1 aliphatic rings. The van der Waals surface area contributed by atoms with Crippen molar-refractivity contribution in [1.82, 2.24) is 0 Å². The molecule has 0 spiro atoms. The molecular weight excluding hydrogens is 240 g/mol. The topological polar surface area (TPSA) is 13.1 Å². The van der Waals surface area contributed by atoms with Crippen LogP contribution in [0.1, 0.15) is 43.4 Å². The van der Waals surface area contributed by atoms with E-state index in [4.69, 9.17) is 4.42 Å². The molecule has 0 atom stereocenters. The van der Waals surface area contributed by atoms with Crippen molar-refractivity contribution >= 4 is 22.7 Å². The second-order valence-corrected chi connectivity index (χ2v) is 6.68. The zero-order valence-corrected chi connectivity index (χ0v) is 12.0. The third kappa shape index (κ3) is 2.31. The van der Waals surface area contributed by atoms with E-state index in [-0.39, 0.29) is 0 Å². The fourth-order valence-corrected chi connectivity index (χ4v) is 4.20. The minimum atomic E-state index is 0.791. The summed E-state index contributed by atoms with van der Waals surface area (Å²) in [6, 6.07) is 6.49. The summed E-state index contributed by atoms with van der Waals surface area (Å²) in [4.78, 5) is 1.38. The monoisotopic (exact) mass is 260 g/mol. The normalized spacial score (nSPS) is 17.4. The molecule has 1 heterocycles. The Morgan fingerprint density at radius 3 is 2.67 bits per heavy atom. The van der Waals surface area contributed by atoms with Crippen molar-refractivity contribution in [2.75, 3.05) is 0 Å². The maximum absolute atomic E-state index is 5.87. The van der Waals surface area contributed by atoms with Gasteiger partial charge in [-0.3, -0.25) is 0 Å². The molecule has 2 aromatic rings. The van der Waals surface area contributed by atoms with Crippen LogP contribution in [0.25, 0.3) is 11.0 Å². The van der Waals surface area contributed by atoms with Gasteiger partial charge in [0.15, 0.2) is 0 Å². The van der Waals surface area contributed by atoms with Crippen molar-refractivity contribution < 1.29 is 4.42 Å². The van der Waals surface area contributed by atoms with Crippen molar-refractivity contribution in [3.63, 3.8) is 0 Å². The predicted molar refractivity (Wildman–Crippen MR) is 78.4 cm³/mol. The highest BCUT2D eigenvalue weighted by molar-refractivity contribution is 8.00. The van der Waals surface area contributed by atoms with E-state index in [1.807, 2.05) is 11.8 Å². The maximum Gasteiger partial charge on any atom is 0.135 e. The zero-order chi connectivity index (χ0) is 12.5. The number of hydrogen-bond donors (Lipinski definition) is 0. The van der Waals surface area contributed by atoms with Crippen LogP contribution in [0.15, 0.2) is 27.5 Å². The van der Waals surface area contributed by atoms with Crippen molar-refractivity contribution in [3.05, 3.63) is 29.5 Å². The standard InChI is InChI=1S/C16H20OS/c1-11-8-9-15-14(10-11)16(12(2)17-15)18-13-6-4-3-5-7-13/h8-10,13H,3-7H2,1-2H3. The van der Waals surface area contributed by atoms with Crippen LogP contribution in [0.5, 0.6) is 0 Å². The fraction of sp³-hybridized carbons (Fsp3) is 0.500. The smallest absolute Gasteiger partial charge is 0.135 e. The van der Waals surface area contributed by atoms with E-state index in [2.05, 4.69) is 32.0 Å². The zero-order valence-electron chi connectivity index (χ0n) is 11.2. The fourth-order valence-electron chi connectivity index (χ4n) is 2.81. The van der Waals surface area contributed by atoms with Crippen molar-refractivity contribution in [2.45, 2.75) is 56.1 Å². The molecule has 2 heteroatoms. The Morgan fingerprint density at radius 1 is 1.11 bits per heavy atom. The Morgan fingerprint density at radius 2 is 1.89 bits per heavy atom. The highest BCUT2D eigenvalue weighted by Gasteiger charge is 2.19.